The van der Waals surface area contributed by atoms with Gasteiger partial charge in [0, 0.05) is 51.2 Å². The van der Waals surface area contributed by atoms with Crippen LogP contribution in [0.15, 0.2) is 35.5 Å². The Kier molecular flexibility index (Phi) is 6.59. The molecule has 1 aliphatic heterocycles. The van der Waals surface area contributed by atoms with Crippen molar-refractivity contribution in [3.8, 4) is 0 Å². The molecule has 2 aromatic rings. The van der Waals surface area contributed by atoms with Gasteiger partial charge in [0.2, 0.25) is 15.9 Å². The Morgan fingerprint density at radius 1 is 1.24 bits per heavy atom. The van der Waals surface area contributed by atoms with Crippen LogP contribution in [0.3, 0.4) is 0 Å². The summed E-state index contributed by atoms with van der Waals surface area (Å²) in [6, 6.07) is 5.22. The van der Waals surface area contributed by atoms with E-state index < -0.39 is 10.0 Å². The van der Waals surface area contributed by atoms with Crippen molar-refractivity contribution in [3.05, 3.63) is 41.7 Å². The zero-order valence-electron chi connectivity index (χ0n) is 17.3. The van der Waals surface area contributed by atoms with Crippen LogP contribution in [0.25, 0.3) is 0 Å². The van der Waals surface area contributed by atoms with Crippen molar-refractivity contribution in [2.45, 2.75) is 37.6 Å². The first kappa shape index (κ1) is 21.3. The fourth-order valence-corrected chi connectivity index (χ4v) is 5.23. The largest absolute Gasteiger partial charge is 0.376 e. The number of piperidine rings is 1. The number of rotatable bonds is 7. The Morgan fingerprint density at radius 2 is 1.97 bits per heavy atom. The first-order chi connectivity index (χ1) is 13.8. The number of benzene rings is 1. The molecule has 1 saturated heterocycles. The van der Waals surface area contributed by atoms with Gasteiger partial charge in [-0.25, -0.2) is 8.42 Å². The normalized spacial score (nSPS) is 15.3. The van der Waals surface area contributed by atoms with Gasteiger partial charge in [-0.1, -0.05) is 12.5 Å². The number of likely N-dealkylation sites (N-methyl/N-ethyl adjacent to an activating group) is 1. The highest BCUT2D eigenvalue weighted by molar-refractivity contribution is 7.89. The summed E-state index contributed by atoms with van der Waals surface area (Å²) in [7, 11) is 0.0479. The minimum absolute atomic E-state index is 0.0863. The van der Waals surface area contributed by atoms with E-state index in [-0.39, 0.29) is 12.5 Å². The van der Waals surface area contributed by atoms with E-state index >= 15 is 0 Å². The van der Waals surface area contributed by atoms with Crippen molar-refractivity contribution >= 4 is 21.6 Å². The Morgan fingerprint density at radius 3 is 2.62 bits per heavy atom. The molecule has 0 aliphatic carbocycles. The van der Waals surface area contributed by atoms with E-state index in [2.05, 4.69) is 10.4 Å². The van der Waals surface area contributed by atoms with E-state index in [9.17, 15) is 13.2 Å². The van der Waals surface area contributed by atoms with Crippen molar-refractivity contribution in [1.29, 1.82) is 0 Å². The van der Waals surface area contributed by atoms with Crippen LogP contribution in [0.2, 0.25) is 0 Å². The third-order valence-corrected chi connectivity index (χ3v) is 7.21. The highest BCUT2D eigenvalue weighted by Crippen LogP contribution is 2.26. The Labute approximate surface area is 172 Å². The molecule has 0 atom stereocenters. The molecule has 1 aromatic carbocycles. The molecule has 0 saturated carbocycles. The monoisotopic (exact) mass is 419 g/mol. The zero-order chi connectivity index (χ0) is 21.0. The van der Waals surface area contributed by atoms with E-state index in [0.29, 0.717) is 35.8 Å². The molecule has 3 rings (SSSR count). The molecule has 2 heterocycles. The summed E-state index contributed by atoms with van der Waals surface area (Å²) in [4.78, 5) is 14.4. The number of amides is 1. The molecule has 1 N–H and O–H groups in total. The fourth-order valence-electron chi connectivity index (χ4n) is 3.46. The first-order valence-electron chi connectivity index (χ1n) is 9.83. The second-order valence-electron chi connectivity index (χ2n) is 7.57. The van der Waals surface area contributed by atoms with Crippen LogP contribution >= 0.6 is 0 Å². The van der Waals surface area contributed by atoms with E-state index in [1.165, 1.54) is 0 Å². The van der Waals surface area contributed by atoms with Gasteiger partial charge < -0.3 is 10.2 Å². The van der Waals surface area contributed by atoms with E-state index in [4.69, 9.17) is 0 Å². The highest BCUT2D eigenvalue weighted by Gasteiger charge is 2.27. The second-order valence-corrected chi connectivity index (χ2v) is 9.48. The SMILES string of the molecule is Cc1ccc(NCC(=O)N(C)Cc2cnn(C)c2)cc1S(=O)(=O)N1CCCCC1. The molecule has 8 nitrogen and oxygen atoms in total. The van der Waals surface area contributed by atoms with E-state index in [1.807, 2.05) is 13.2 Å². The van der Waals surface area contributed by atoms with Gasteiger partial charge in [0.15, 0.2) is 0 Å². The van der Waals surface area contributed by atoms with Crippen molar-refractivity contribution in [1.82, 2.24) is 19.0 Å². The topological polar surface area (TPSA) is 87.5 Å². The molecule has 9 heteroatoms. The summed E-state index contributed by atoms with van der Waals surface area (Å²) in [5.74, 6) is -0.0881. The number of carbonyl (C=O) groups is 1. The Hall–Kier alpha value is -2.39. The van der Waals surface area contributed by atoms with Gasteiger partial charge in [-0.05, 0) is 37.5 Å². The lowest BCUT2D eigenvalue weighted by atomic mass is 10.2. The summed E-state index contributed by atoms with van der Waals surface area (Å²) in [6.45, 7) is 3.49. The van der Waals surface area contributed by atoms with Gasteiger partial charge in [0.25, 0.3) is 0 Å². The van der Waals surface area contributed by atoms with Crippen molar-refractivity contribution < 1.29 is 13.2 Å². The molecule has 1 amide bonds. The summed E-state index contributed by atoms with van der Waals surface area (Å²) in [5, 5.41) is 7.17. The maximum absolute atomic E-state index is 13.0. The maximum atomic E-state index is 13.0. The molecular weight excluding hydrogens is 390 g/mol. The number of anilines is 1. The first-order valence-corrected chi connectivity index (χ1v) is 11.3. The smallest absolute Gasteiger partial charge is 0.243 e. The van der Waals surface area contributed by atoms with Crippen LogP contribution in [-0.4, -0.2) is 60.0 Å². The van der Waals surface area contributed by atoms with Gasteiger partial charge in [-0.15, -0.1) is 0 Å². The lowest BCUT2D eigenvalue weighted by Crippen LogP contribution is -2.36. The molecule has 0 spiro atoms. The van der Waals surface area contributed by atoms with E-state index in [1.54, 1.807) is 52.3 Å². The molecule has 0 unspecified atom stereocenters. The standard InChI is InChI=1S/C20H29N5O3S/c1-16-7-8-18(11-19(16)29(27,28)25-9-5-4-6-10-25)21-13-20(26)23(2)14-17-12-22-24(3)15-17/h7-8,11-12,15,21H,4-6,9-10,13-14H2,1-3H3. The summed E-state index contributed by atoms with van der Waals surface area (Å²) in [6.07, 6.45) is 6.47. The summed E-state index contributed by atoms with van der Waals surface area (Å²) >= 11 is 0. The van der Waals surface area contributed by atoms with Crippen molar-refractivity contribution in [2.24, 2.45) is 7.05 Å². The lowest BCUT2D eigenvalue weighted by molar-refractivity contribution is -0.128. The van der Waals surface area contributed by atoms with Gasteiger partial charge in [0.1, 0.15) is 0 Å². The van der Waals surface area contributed by atoms with Crippen LogP contribution in [0.1, 0.15) is 30.4 Å². The van der Waals surface area contributed by atoms with Gasteiger partial charge >= 0.3 is 0 Å². The molecule has 29 heavy (non-hydrogen) atoms. The lowest BCUT2D eigenvalue weighted by Gasteiger charge is -2.26. The van der Waals surface area contributed by atoms with Crippen molar-refractivity contribution in [3.63, 3.8) is 0 Å². The van der Waals surface area contributed by atoms with Gasteiger partial charge in [0.05, 0.1) is 17.6 Å². The predicted molar refractivity (Wildman–Crippen MR) is 112 cm³/mol. The van der Waals surface area contributed by atoms with Crippen LogP contribution in [0.5, 0.6) is 0 Å². The van der Waals surface area contributed by atoms with Crippen molar-refractivity contribution in [2.75, 3.05) is 32.0 Å². The molecule has 1 aromatic heterocycles. The molecule has 0 bridgehead atoms. The van der Waals surface area contributed by atoms with Crippen LogP contribution in [0, 0.1) is 6.92 Å². The quantitative estimate of drug-likeness (QED) is 0.741. The maximum Gasteiger partial charge on any atom is 0.243 e. The summed E-state index contributed by atoms with van der Waals surface area (Å²) < 4.78 is 29.3. The average Bonchev–Trinajstić information content (AvgIpc) is 3.12. The van der Waals surface area contributed by atoms with Crippen LogP contribution in [0.4, 0.5) is 5.69 Å². The number of hydrogen-bond acceptors (Lipinski definition) is 5. The number of sulfonamides is 1. The van der Waals surface area contributed by atoms with Crippen LogP contribution < -0.4 is 5.32 Å². The Balaban J connectivity index is 1.65. The average molecular weight is 420 g/mol. The predicted octanol–water partition coefficient (Wildman–Crippen LogP) is 1.97. The second kappa shape index (κ2) is 8.96. The van der Waals surface area contributed by atoms with Gasteiger partial charge in [-0.3, -0.25) is 9.48 Å². The minimum Gasteiger partial charge on any atom is -0.376 e. The van der Waals surface area contributed by atoms with E-state index in [0.717, 1.165) is 24.8 Å². The molecule has 1 fully saturated rings. The number of aromatic nitrogens is 2. The number of aryl methyl sites for hydroxylation is 2. The molecule has 1 aliphatic rings. The molecular formula is C20H29N5O3S. The summed E-state index contributed by atoms with van der Waals surface area (Å²) in [5.41, 5.74) is 2.28. The minimum atomic E-state index is -3.52. The Bertz CT molecular complexity index is 964. The number of carbonyl (C=O) groups excluding carboxylic acids is 1. The van der Waals surface area contributed by atoms with Gasteiger partial charge in [-0.2, -0.15) is 9.40 Å². The third-order valence-electron chi connectivity index (χ3n) is 5.17. The number of nitrogens with one attached hydrogen (secondary N) is 1. The molecule has 158 valence electrons. The third kappa shape index (κ3) is 5.16. The highest BCUT2D eigenvalue weighted by atomic mass is 32.2. The molecule has 0 radical (unpaired) electrons. The number of hydrogen-bond donors (Lipinski definition) is 1. The van der Waals surface area contributed by atoms with Crippen LogP contribution in [-0.2, 0) is 28.4 Å². The fraction of sp³-hybridized carbons (Fsp3) is 0.500. The zero-order valence-corrected chi connectivity index (χ0v) is 18.1. The number of nitrogens with zero attached hydrogens (tertiary/aromatic N) is 4.